The molecule has 0 fully saturated rings. The number of fused-ring (bicyclic) bond motifs is 2. The number of carbonyl (C=O) groups is 2. The van der Waals surface area contributed by atoms with Crippen molar-refractivity contribution in [2.24, 2.45) is 0 Å². The first-order chi connectivity index (χ1) is 22.7. The van der Waals surface area contributed by atoms with Gasteiger partial charge in [-0.3, -0.25) is 9.59 Å². The van der Waals surface area contributed by atoms with Gasteiger partial charge >= 0.3 is 11.9 Å². The number of esters is 2. The summed E-state index contributed by atoms with van der Waals surface area (Å²) in [5.74, 6) is -0.546. The fraction of sp³-hybridized carbons (Fsp3) is 0.238. The molecular formula is C42H41NO4. The highest BCUT2D eigenvalue weighted by molar-refractivity contribution is 5.92. The van der Waals surface area contributed by atoms with Gasteiger partial charge in [0.15, 0.2) is 0 Å². The Balaban J connectivity index is 1.28. The van der Waals surface area contributed by atoms with E-state index < -0.39 is 0 Å². The van der Waals surface area contributed by atoms with Gasteiger partial charge in [-0.05, 0) is 51.1 Å². The summed E-state index contributed by atoms with van der Waals surface area (Å²) >= 11 is 0. The third-order valence-electron chi connectivity index (χ3n) is 9.33. The molecule has 0 amide bonds. The van der Waals surface area contributed by atoms with Crippen molar-refractivity contribution in [3.8, 4) is 0 Å². The Morgan fingerprint density at radius 1 is 0.660 bits per heavy atom. The fourth-order valence-electron chi connectivity index (χ4n) is 6.85. The van der Waals surface area contributed by atoms with Gasteiger partial charge in [0.1, 0.15) is 19.8 Å². The molecule has 2 aliphatic rings. The highest BCUT2D eigenvalue weighted by Gasteiger charge is 2.41. The molecule has 0 bridgehead atoms. The molecule has 6 rings (SSSR count). The molecule has 5 nitrogen and oxygen atoms in total. The predicted molar refractivity (Wildman–Crippen MR) is 188 cm³/mol. The second kappa shape index (κ2) is 13.3. The number of allylic oxidation sites excluding steroid dienone is 5. The zero-order valence-corrected chi connectivity index (χ0v) is 27.5. The van der Waals surface area contributed by atoms with E-state index >= 15 is 0 Å². The quantitative estimate of drug-likeness (QED) is 0.165. The third-order valence-corrected chi connectivity index (χ3v) is 9.33. The molecule has 0 spiro atoms. The van der Waals surface area contributed by atoms with Crippen molar-refractivity contribution in [2.75, 3.05) is 11.4 Å². The van der Waals surface area contributed by atoms with Crippen LogP contribution in [-0.2, 0) is 43.1 Å². The highest BCUT2D eigenvalue weighted by Crippen LogP contribution is 2.49. The van der Waals surface area contributed by atoms with Crippen molar-refractivity contribution in [1.29, 1.82) is 0 Å². The number of benzene rings is 4. The summed E-state index contributed by atoms with van der Waals surface area (Å²) in [6.45, 7) is 9.35. The van der Waals surface area contributed by atoms with Crippen molar-refractivity contribution in [3.05, 3.63) is 167 Å². The monoisotopic (exact) mass is 623 g/mol. The summed E-state index contributed by atoms with van der Waals surface area (Å²) in [4.78, 5) is 28.4. The topological polar surface area (TPSA) is 55.8 Å². The van der Waals surface area contributed by atoms with Crippen molar-refractivity contribution < 1.29 is 19.1 Å². The number of anilines is 1. The molecular weight excluding hydrogens is 582 g/mol. The smallest absolute Gasteiger partial charge is 0.326 e. The van der Waals surface area contributed by atoms with Crippen LogP contribution in [0.1, 0.15) is 61.9 Å². The van der Waals surface area contributed by atoms with Crippen LogP contribution < -0.4 is 4.90 Å². The third kappa shape index (κ3) is 6.57. The first kappa shape index (κ1) is 31.8. The second-order valence-electron chi connectivity index (χ2n) is 13.2. The first-order valence-corrected chi connectivity index (χ1v) is 16.1. The average Bonchev–Trinajstić information content (AvgIpc) is 3.42. The van der Waals surface area contributed by atoms with Crippen molar-refractivity contribution in [1.82, 2.24) is 0 Å². The van der Waals surface area contributed by atoms with Gasteiger partial charge in [0.05, 0.1) is 6.42 Å². The maximum atomic E-state index is 13.2. The van der Waals surface area contributed by atoms with Crippen LogP contribution in [0.4, 0.5) is 5.69 Å². The van der Waals surface area contributed by atoms with E-state index in [2.05, 4.69) is 75.1 Å². The normalized spacial score (nSPS) is 16.8. The summed E-state index contributed by atoms with van der Waals surface area (Å²) in [6.07, 6.45) is 6.46. The van der Waals surface area contributed by atoms with Crippen LogP contribution in [0.5, 0.6) is 0 Å². The maximum Gasteiger partial charge on any atom is 0.326 e. The maximum absolute atomic E-state index is 13.2. The molecule has 0 radical (unpaired) electrons. The first-order valence-electron chi connectivity index (χ1n) is 16.1. The number of rotatable bonds is 10. The minimum Gasteiger partial charge on any atom is -0.461 e. The van der Waals surface area contributed by atoms with Crippen molar-refractivity contribution in [2.45, 2.75) is 58.2 Å². The number of nitrogens with zero attached hydrogens (tertiary/aromatic N) is 1. The van der Waals surface area contributed by atoms with Crippen LogP contribution in [0, 0.1) is 0 Å². The van der Waals surface area contributed by atoms with Crippen LogP contribution in [0.25, 0.3) is 5.57 Å². The van der Waals surface area contributed by atoms with Crippen LogP contribution in [0.15, 0.2) is 139 Å². The number of hydrogen-bond acceptors (Lipinski definition) is 5. The Kier molecular flexibility index (Phi) is 8.99. The zero-order valence-electron chi connectivity index (χ0n) is 27.5. The lowest BCUT2D eigenvalue weighted by Gasteiger charge is -2.26. The molecule has 0 saturated heterocycles. The van der Waals surface area contributed by atoms with Gasteiger partial charge in [-0.15, -0.1) is 0 Å². The van der Waals surface area contributed by atoms with E-state index in [1.807, 2.05) is 84.9 Å². The molecule has 47 heavy (non-hydrogen) atoms. The summed E-state index contributed by atoms with van der Waals surface area (Å²) in [5.41, 5.74) is 8.76. The Morgan fingerprint density at radius 2 is 1.21 bits per heavy atom. The van der Waals surface area contributed by atoms with E-state index in [1.165, 1.54) is 5.56 Å². The molecule has 0 saturated carbocycles. The molecule has 5 heteroatoms. The predicted octanol–water partition coefficient (Wildman–Crippen LogP) is 8.85. The van der Waals surface area contributed by atoms with Crippen molar-refractivity contribution in [3.63, 3.8) is 0 Å². The molecule has 1 heterocycles. The Labute approximate surface area is 277 Å². The minimum atomic E-state index is -0.340. The van der Waals surface area contributed by atoms with Gasteiger partial charge in [-0.25, -0.2) is 0 Å². The summed E-state index contributed by atoms with van der Waals surface area (Å²) < 4.78 is 11.4. The zero-order chi connectivity index (χ0) is 33.0. The molecule has 4 aromatic carbocycles. The van der Waals surface area contributed by atoms with E-state index in [0.717, 1.165) is 44.8 Å². The van der Waals surface area contributed by atoms with Crippen LogP contribution >= 0.6 is 0 Å². The van der Waals surface area contributed by atoms with E-state index in [4.69, 9.17) is 9.47 Å². The number of ether oxygens (including phenoxy) is 2. The van der Waals surface area contributed by atoms with Gasteiger partial charge < -0.3 is 14.4 Å². The Morgan fingerprint density at radius 3 is 1.87 bits per heavy atom. The lowest BCUT2D eigenvalue weighted by atomic mass is 9.80. The molecule has 0 N–H and O–H groups in total. The fourth-order valence-corrected chi connectivity index (χ4v) is 6.85. The van der Waals surface area contributed by atoms with E-state index in [-0.39, 0.29) is 48.9 Å². The lowest BCUT2D eigenvalue weighted by molar-refractivity contribution is -0.144. The van der Waals surface area contributed by atoms with Gasteiger partial charge in [-0.2, -0.15) is 0 Å². The van der Waals surface area contributed by atoms with E-state index in [1.54, 1.807) is 0 Å². The minimum absolute atomic E-state index is 0.102. The van der Waals surface area contributed by atoms with Crippen LogP contribution in [0.2, 0.25) is 0 Å². The van der Waals surface area contributed by atoms with E-state index in [9.17, 15) is 9.59 Å². The van der Waals surface area contributed by atoms with Crippen LogP contribution in [0.3, 0.4) is 0 Å². The highest BCUT2D eigenvalue weighted by atomic mass is 16.5. The SMILES string of the molecule is CC1(C)C(C=CC=C2N(CC(=O)OCc3ccccc3)c3ccccc3C2(C)C)=C(CC(=O)OCc2ccccc2)c2ccccc21. The number of hydrogen-bond donors (Lipinski definition) is 0. The molecule has 238 valence electrons. The summed E-state index contributed by atoms with van der Waals surface area (Å²) in [6, 6.07) is 36.0. The molecule has 0 unspecified atom stereocenters. The Bertz CT molecular complexity index is 1870. The van der Waals surface area contributed by atoms with Gasteiger partial charge in [0.25, 0.3) is 0 Å². The molecule has 0 atom stereocenters. The lowest BCUT2D eigenvalue weighted by Crippen LogP contribution is -2.31. The molecule has 1 aliphatic heterocycles. The molecule has 1 aliphatic carbocycles. The summed E-state index contributed by atoms with van der Waals surface area (Å²) in [7, 11) is 0. The number of para-hydroxylation sites is 1. The van der Waals surface area contributed by atoms with Gasteiger partial charge in [0.2, 0.25) is 0 Å². The molecule has 0 aromatic heterocycles. The standard InChI is InChI=1S/C42H41NO4/c1-41(2)34-21-12-11-20-32(34)33(26-39(44)46-28-30-16-7-5-8-17-30)35(41)23-15-25-38-42(3,4)36-22-13-14-24-37(36)43(38)27-40(45)47-29-31-18-9-6-10-19-31/h5-25H,26-29H2,1-4H3. The van der Waals surface area contributed by atoms with Crippen LogP contribution in [-0.4, -0.2) is 18.5 Å². The van der Waals surface area contributed by atoms with Gasteiger partial charge in [-0.1, -0.05) is 143 Å². The average molecular weight is 624 g/mol. The molecule has 4 aromatic rings. The second-order valence-corrected chi connectivity index (χ2v) is 13.2. The largest absolute Gasteiger partial charge is 0.461 e. The van der Waals surface area contributed by atoms with Gasteiger partial charge in [0, 0.05) is 22.2 Å². The number of carbonyl (C=O) groups excluding carboxylic acids is 2. The summed E-state index contributed by atoms with van der Waals surface area (Å²) in [5, 5.41) is 0. The van der Waals surface area contributed by atoms with Crippen molar-refractivity contribution >= 4 is 23.2 Å². The Hall–Kier alpha value is -5.16. The van der Waals surface area contributed by atoms with E-state index in [0.29, 0.717) is 0 Å².